The third kappa shape index (κ3) is 5.29. The third-order valence-electron chi connectivity index (χ3n) is 4.39. The van der Waals surface area contributed by atoms with Gasteiger partial charge in [0, 0.05) is 22.5 Å². The molecule has 3 rings (SSSR count). The van der Waals surface area contributed by atoms with Crippen molar-refractivity contribution in [3.8, 4) is 5.75 Å². The molecule has 7 heteroatoms. The number of amides is 1. The fourth-order valence-electron chi connectivity index (χ4n) is 2.90. The van der Waals surface area contributed by atoms with Gasteiger partial charge in [-0.05, 0) is 56.2 Å². The number of hydrogen-bond donors (Lipinski definition) is 1. The predicted molar refractivity (Wildman–Crippen MR) is 111 cm³/mol. The first kappa shape index (κ1) is 20.7. The fraction of sp³-hybridized carbons (Fsp3) is 0.273. The smallest absolute Gasteiger partial charge is 0.375 e. The number of esters is 1. The van der Waals surface area contributed by atoms with E-state index in [4.69, 9.17) is 25.5 Å². The lowest BCUT2D eigenvalue weighted by atomic mass is 10.1. The molecule has 0 aliphatic carbocycles. The number of aryl methyl sites for hydroxylation is 1. The minimum atomic E-state index is -0.676. The van der Waals surface area contributed by atoms with E-state index in [0.29, 0.717) is 41.5 Å². The second-order valence-corrected chi connectivity index (χ2v) is 6.89. The van der Waals surface area contributed by atoms with Crippen molar-refractivity contribution in [3.63, 3.8) is 0 Å². The first-order valence-corrected chi connectivity index (χ1v) is 9.70. The number of furan rings is 1. The Bertz CT molecular complexity index is 1010. The largest absolute Gasteiger partial charge is 0.494 e. The number of carbonyl (C=O) groups is 2. The van der Waals surface area contributed by atoms with E-state index >= 15 is 0 Å². The average Bonchev–Trinajstić information content (AvgIpc) is 3.04. The average molecular weight is 416 g/mol. The Morgan fingerprint density at radius 2 is 1.90 bits per heavy atom. The summed E-state index contributed by atoms with van der Waals surface area (Å²) in [5, 5.41) is 4.16. The molecule has 3 aromatic rings. The highest BCUT2D eigenvalue weighted by Gasteiger charge is 2.20. The number of benzene rings is 2. The lowest BCUT2D eigenvalue weighted by molar-refractivity contribution is -0.124. The monoisotopic (exact) mass is 415 g/mol. The van der Waals surface area contributed by atoms with Gasteiger partial charge < -0.3 is 19.2 Å². The SMILES string of the molecule is CCOc1ccc2oc(C(=O)OCC(=O)NCCc3ccc(Cl)cc3)c(C)c2c1. The Morgan fingerprint density at radius 1 is 1.14 bits per heavy atom. The zero-order valence-corrected chi connectivity index (χ0v) is 17.0. The summed E-state index contributed by atoms with van der Waals surface area (Å²) in [4.78, 5) is 24.3. The molecule has 0 aliphatic heterocycles. The van der Waals surface area contributed by atoms with Crippen molar-refractivity contribution < 1.29 is 23.5 Å². The quantitative estimate of drug-likeness (QED) is 0.555. The summed E-state index contributed by atoms with van der Waals surface area (Å²) in [5.74, 6) is -0.268. The first-order chi connectivity index (χ1) is 14.0. The number of ether oxygens (including phenoxy) is 2. The molecular weight excluding hydrogens is 394 g/mol. The summed E-state index contributed by atoms with van der Waals surface area (Å²) >= 11 is 5.84. The molecule has 0 radical (unpaired) electrons. The van der Waals surface area contributed by atoms with Gasteiger partial charge in [0.2, 0.25) is 5.76 Å². The highest BCUT2D eigenvalue weighted by Crippen LogP contribution is 2.29. The highest BCUT2D eigenvalue weighted by molar-refractivity contribution is 6.30. The van der Waals surface area contributed by atoms with Gasteiger partial charge in [-0.25, -0.2) is 4.79 Å². The lowest BCUT2D eigenvalue weighted by Gasteiger charge is -2.06. The molecular formula is C22H22ClNO5. The van der Waals surface area contributed by atoms with Gasteiger partial charge in [0.1, 0.15) is 11.3 Å². The zero-order valence-electron chi connectivity index (χ0n) is 16.3. The molecule has 1 N–H and O–H groups in total. The van der Waals surface area contributed by atoms with E-state index in [-0.39, 0.29) is 18.3 Å². The van der Waals surface area contributed by atoms with Crippen molar-refractivity contribution in [3.05, 3.63) is 64.4 Å². The van der Waals surface area contributed by atoms with Gasteiger partial charge in [-0.1, -0.05) is 23.7 Å². The van der Waals surface area contributed by atoms with Crippen LogP contribution >= 0.6 is 11.6 Å². The zero-order chi connectivity index (χ0) is 20.8. The van der Waals surface area contributed by atoms with Crippen LogP contribution in [0.1, 0.15) is 28.6 Å². The maximum absolute atomic E-state index is 12.3. The third-order valence-corrected chi connectivity index (χ3v) is 4.64. The van der Waals surface area contributed by atoms with Crippen molar-refractivity contribution in [1.82, 2.24) is 5.32 Å². The summed E-state index contributed by atoms with van der Waals surface area (Å²) in [6.45, 7) is 4.27. The van der Waals surface area contributed by atoms with Gasteiger partial charge in [0.25, 0.3) is 5.91 Å². The Hall–Kier alpha value is -2.99. The van der Waals surface area contributed by atoms with Crippen LogP contribution in [0.4, 0.5) is 0 Å². The molecule has 1 heterocycles. The van der Waals surface area contributed by atoms with Crippen molar-refractivity contribution in [1.29, 1.82) is 0 Å². The minimum Gasteiger partial charge on any atom is -0.494 e. The van der Waals surface area contributed by atoms with E-state index in [1.165, 1.54) is 0 Å². The fourth-order valence-corrected chi connectivity index (χ4v) is 3.02. The van der Waals surface area contributed by atoms with Crippen molar-refractivity contribution in [2.24, 2.45) is 0 Å². The van der Waals surface area contributed by atoms with Gasteiger partial charge in [-0.15, -0.1) is 0 Å². The van der Waals surface area contributed by atoms with E-state index < -0.39 is 5.97 Å². The molecule has 0 unspecified atom stereocenters. The standard InChI is InChI=1S/C22H22ClNO5/c1-3-27-17-8-9-19-18(12-17)14(2)21(29-19)22(26)28-13-20(25)24-11-10-15-4-6-16(23)7-5-15/h4-9,12H,3,10-11,13H2,1-2H3,(H,24,25). The van der Waals surface area contributed by atoms with Crippen LogP contribution in [-0.2, 0) is 16.0 Å². The first-order valence-electron chi connectivity index (χ1n) is 9.32. The number of rotatable bonds is 8. The van der Waals surface area contributed by atoms with Crippen molar-refractivity contribution in [2.75, 3.05) is 19.8 Å². The van der Waals surface area contributed by atoms with Crippen LogP contribution in [-0.4, -0.2) is 31.6 Å². The molecule has 1 amide bonds. The van der Waals surface area contributed by atoms with Gasteiger partial charge in [0.15, 0.2) is 6.61 Å². The minimum absolute atomic E-state index is 0.0858. The van der Waals surface area contributed by atoms with E-state index in [1.54, 1.807) is 31.2 Å². The van der Waals surface area contributed by atoms with Crippen LogP contribution in [0.15, 0.2) is 46.9 Å². The summed E-state index contributed by atoms with van der Waals surface area (Å²) in [6, 6.07) is 12.7. The van der Waals surface area contributed by atoms with Gasteiger partial charge >= 0.3 is 5.97 Å². The Balaban J connectivity index is 1.52. The van der Waals surface area contributed by atoms with Crippen LogP contribution in [0.3, 0.4) is 0 Å². The second kappa shape index (κ2) is 9.47. The maximum atomic E-state index is 12.3. The molecule has 0 aliphatic rings. The maximum Gasteiger partial charge on any atom is 0.375 e. The predicted octanol–water partition coefficient (Wildman–Crippen LogP) is 4.31. The Labute approximate surface area is 173 Å². The number of halogens is 1. The second-order valence-electron chi connectivity index (χ2n) is 6.45. The summed E-state index contributed by atoms with van der Waals surface area (Å²) < 4.78 is 16.2. The van der Waals surface area contributed by atoms with Crippen LogP contribution in [0.5, 0.6) is 5.75 Å². The molecule has 2 aromatic carbocycles. The molecule has 0 saturated carbocycles. The highest BCUT2D eigenvalue weighted by atomic mass is 35.5. The Kier molecular flexibility index (Phi) is 6.77. The summed E-state index contributed by atoms with van der Waals surface area (Å²) in [6.07, 6.45) is 0.654. The molecule has 0 bridgehead atoms. The van der Waals surface area contributed by atoms with Gasteiger partial charge in [-0.2, -0.15) is 0 Å². The van der Waals surface area contributed by atoms with E-state index in [2.05, 4.69) is 5.32 Å². The molecule has 1 aromatic heterocycles. The molecule has 0 atom stereocenters. The summed E-state index contributed by atoms with van der Waals surface area (Å²) in [5.41, 5.74) is 2.26. The van der Waals surface area contributed by atoms with Crippen LogP contribution < -0.4 is 10.1 Å². The Morgan fingerprint density at radius 3 is 2.62 bits per heavy atom. The summed E-state index contributed by atoms with van der Waals surface area (Å²) in [7, 11) is 0. The molecule has 152 valence electrons. The van der Waals surface area contributed by atoms with E-state index in [9.17, 15) is 9.59 Å². The lowest BCUT2D eigenvalue weighted by Crippen LogP contribution is -2.30. The number of hydrogen-bond acceptors (Lipinski definition) is 5. The normalized spacial score (nSPS) is 10.7. The molecule has 0 saturated heterocycles. The van der Waals surface area contributed by atoms with Crippen LogP contribution in [0, 0.1) is 6.92 Å². The van der Waals surface area contributed by atoms with E-state index in [1.807, 2.05) is 25.1 Å². The molecule has 0 spiro atoms. The van der Waals surface area contributed by atoms with E-state index in [0.717, 1.165) is 10.9 Å². The van der Waals surface area contributed by atoms with Crippen molar-refractivity contribution >= 4 is 34.4 Å². The topological polar surface area (TPSA) is 77.8 Å². The molecule has 29 heavy (non-hydrogen) atoms. The van der Waals surface area contributed by atoms with Gasteiger partial charge in [-0.3, -0.25) is 4.79 Å². The number of carbonyl (C=O) groups excluding carboxylic acids is 2. The van der Waals surface area contributed by atoms with Gasteiger partial charge in [0.05, 0.1) is 6.61 Å². The van der Waals surface area contributed by atoms with Crippen LogP contribution in [0.2, 0.25) is 5.02 Å². The van der Waals surface area contributed by atoms with Crippen molar-refractivity contribution in [2.45, 2.75) is 20.3 Å². The number of fused-ring (bicyclic) bond motifs is 1. The number of nitrogens with one attached hydrogen (secondary N) is 1. The molecule has 0 fully saturated rings. The molecule has 6 nitrogen and oxygen atoms in total. The van der Waals surface area contributed by atoms with Crippen LogP contribution in [0.25, 0.3) is 11.0 Å².